The molecule has 1 aromatic carbocycles. The van der Waals surface area contributed by atoms with Crippen LogP contribution in [0, 0.1) is 0 Å². The van der Waals surface area contributed by atoms with E-state index in [0.717, 1.165) is 0 Å². The molecule has 3 heterocycles. The van der Waals surface area contributed by atoms with Crippen LogP contribution in [0.25, 0.3) is 17.2 Å². The van der Waals surface area contributed by atoms with E-state index in [2.05, 4.69) is 15.1 Å². The van der Waals surface area contributed by atoms with Gasteiger partial charge in [0.05, 0.1) is 28.5 Å². The molecule has 1 atom stereocenters. The van der Waals surface area contributed by atoms with Gasteiger partial charge in [-0.05, 0) is 32.9 Å². The van der Waals surface area contributed by atoms with E-state index in [1.807, 2.05) is 0 Å². The van der Waals surface area contributed by atoms with E-state index < -0.39 is 17.6 Å². The molecule has 11 heteroatoms. The molecule has 2 N–H and O–H groups in total. The lowest BCUT2D eigenvalue weighted by atomic mass is 10.1. The molecule has 0 radical (unpaired) electrons. The van der Waals surface area contributed by atoms with E-state index in [0.29, 0.717) is 27.7 Å². The fraction of sp³-hybridized carbons (Fsp3) is 0.350. The second-order valence-corrected chi connectivity index (χ2v) is 8.58. The van der Waals surface area contributed by atoms with Crippen LogP contribution in [0.2, 0.25) is 5.02 Å². The Labute approximate surface area is 182 Å². The highest BCUT2D eigenvalue weighted by atomic mass is 35.5. The van der Waals surface area contributed by atoms with Gasteiger partial charge in [-0.25, -0.2) is 9.78 Å². The molecule has 0 fully saturated rings. The van der Waals surface area contributed by atoms with Gasteiger partial charge in [-0.15, -0.1) is 0 Å². The van der Waals surface area contributed by atoms with Gasteiger partial charge in [0.2, 0.25) is 5.82 Å². The van der Waals surface area contributed by atoms with Crippen LogP contribution in [0.15, 0.2) is 29.0 Å². The van der Waals surface area contributed by atoms with Gasteiger partial charge in [-0.1, -0.05) is 22.8 Å². The van der Waals surface area contributed by atoms with Crippen molar-refractivity contribution < 1.29 is 18.8 Å². The molecule has 0 saturated carbocycles. The molecule has 1 aliphatic heterocycles. The van der Waals surface area contributed by atoms with E-state index in [1.165, 1.54) is 4.90 Å². The fourth-order valence-corrected chi connectivity index (χ4v) is 3.51. The minimum Gasteiger partial charge on any atom is -0.458 e. The minimum atomic E-state index is -1.23. The molecule has 0 aliphatic carbocycles. The number of carbonyl (C=O) groups excluding carboxylic acids is 2. The Morgan fingerprint density at radius 1 is 1.35 bits per heavy atom. The topological polar surface area (TPSA) is 129 Å². The maximum absolute atomic E-state index is 12.8. The predicted molar refractivity (Wildman–Crippen MR) is 110 cm³/mol. The molecule has 10 nitrogen and oxygen atoms in total. The van der Waals surface area contributed by atoms with Crippen LogP contribution < -0.4 is 5.73 Å². The smallest absolute Gasteiger partial charge is 0.333 e. The number of carbonyl (C=O) groups is 2. The van der Waals surface area contributed by atoms with Crippen LogP contribution in [-0.4, -0.2) is 49.1 Å². The third kappa shape index (κ3) is 3.79. The first-order valence-electron chi connectivity index (χ1n) is 9.50. The van der Waals surface area contributed by atoms with E-state index in [1.54, 1.807) is 56.9 Å². The third-order valence-electron chi connectivity index (χ3n) is 4.65. The SMILES string of the molecule is CN1Cc2c(-c3noc(C(N)C(=O)OC(C)(C)C)n3)ncn2-c2cccc(Cl)c2C1=O. The number of amides is 1. The molecule has 2 aromatic heterocycles. The van der Waals surface area contributed by atoms with Crippen LogP contribution in [-0.2, 0) is 16.1 Å². The summed E-state index contributed by atoms with van der Waals surface area (Å²) in [6, 6.07) is 3.98. The summed E-state index contributed by atoms with van der Waals surface area (Å²) in [4.78, 5) is 35.3. The van der Waals surface area contributed by atoms with Crippen LogP contribution in [0.5, 0.6) is 0 Å². The van der Waals surface area contributed by atoms with Gasteiger partial charge in [0.15, 0.2) is 6.04 Å². The van der Waals surface area contributed by atoms with Gasteiger partial charge in [0, 0.05) is 7.05 Å². The van der Waals surface area contributed by atoms with E-state index in [-0.39, 0.29) is 24.2 Å². The van der Waals surface area contributed by atoms with Crippen molar-refractivity contribution in [2.24, 2.45) is 5.73 Å². The average Bonchev–Trinajstić information content (AvgIpc) is 3.30. The Balaban J connectivity index is 1.72. The largest absolute Gasteiger partial charge is 0.458 e. The van der Waals surface area contributed by atoms with Gasteiger partial charge in [0.25, 0.3) is 11.8 Å². The second kappa shape index (κ2) is 7.47. The number of esters is 1. The zero-order chi connectivity index (χ0) is 22.5. The lowest BCUT2D eigenvalue weighted by Gasteiger charge is -2.20. The average molecular weight is 445 g/mol. The molecule has 31 heavy (non-hydrogen) atoms. The van der Waals surface area contributed by atoms with Gasteiger partial charge in [0.1, 0.15) is 17.6 Å². The van der Waals surface area contributed by atoms with Crippen LogP contribution in [0.3, 0.4) is 0 Å². The summed E-state index contributed by atoms with van der Waals surface area (Å²) >= 11 is 6.30. The second-order valence-electron chi connectivity index (χ2n) is 8.17. The van der Waals surface area contributed by atoms with E-state index >= 15 is 0 Å². The maximum atomic E-state index is 12.8. The van der Waals surface area contributed by atoms with Gasteiger partial charge >= 0.3 is 5.97 Å². The van der Waals surface area contributed by atoms with Crippen LogP contribution >= 0.6 is 11.6 Å². The summed E-state index contributed by atoms with van der Waals surface area (Å²) in [5.74, 6) is -0.835. The zero-order valence-electron chi connectivity index (χ0n) is 17.4. The molecule has 1 amide bonds. The predicted octanol–water partition coefficient (Wildman–Crippen LogP) is 2.50. The minimum absolute atomic E-state index is 0.0903. The molecule has 1 aliphatic rings. The molecule has 3 aromatic rings. The Hall–Kier alpha value is -3.24. The van der Waals surface area contributed by atoms with Crippen LogP contribution in [0.4, 0.5) is 0 Å². The number of rotatable bonds is 3. The normalized spacial score (nSPS) is 14.6. The van der Waals surface area contributed by atoms with Crippen molar-refractivity contribution in [1.29, 1.82) is 0 Å². The Bertz CT molecular complexity index is 1180. The highest BCUT2D eigenvalue weighted by Crippen LogP contribution is 2.32. The molecular formula is C20H21ClN6O4. The third-order valence-corrected chi connectivity index (χ3v) is 4.96. The summed E-state index contributed by atoms with van der Waals surface area (Å²) < 4.78 is 12.2. The monoisotopic (exact) mass is 444 g/mol. The summed E-state index contributed by atoms with van der Waals surface area (Å²) in [5.41, 5.74) is 7.28. The first kappa shape index (κ1) is 21.0. The molecule has 4 rings (SSSR count). The first-order valence-corrected chi connectivity index (χ1v) is 9.87. The maximum Gasteiger partial charge on any atom is 0.333 e. The zero-order valence-corrected chi connectivity index (χ0v) is 18.2. The molecule has 162 valence electrons. The van der Waals surface area contributed by atoms with Crippen molar-refractivity contribution in [2.45, 2.75) is 39.0 Å². The number of halogens is 1. The van der Waals surface area contributed by atoms with E-state index in [9.17, 15) is 9.59 Å². The van der Waals surface area contributed by atoms with Crippen molar-refractivity contribution in [3.05, 3.63) is 46.7 Å². The number of imidazole rings is 1. The van der Waals surface area contributed by atoms with Crippen molar-refractivity contribution in [3.63, 3.8) is 0 Å². The molecular weight excluding hydrogens is 424 g/mol. The van der Waals surface area contributed by atoms with Crippen molar-refractivity contribution >= 4 is 23.5 Å². The van der Waals surface area contributed by atoms with Gasteiger partial charge in [-0.3, -0.25) is 9.36 Å². The van der Waals surface area contributed by atoms with Crippen molar-refractivity contribution in [1.82, 2.24) is 24.6 Å². The van der Waals surface area contributed by atoms with Crippen LogP contribution in [0.1, 0.15) is 48.8 Å². The molecule has 0 saturated heterocycles. The number of hydrogen-bond donors (Lipinski definition) is 1. The fourth-order valence-electron chi connectivity index (χ4n) is 3.26. The summed E-state index contributed by atoms with van der Waals surface area (Å²) in [6.07, 6.45) is 1.57. The lowest BCUT2D eigenvalue weighted by Crippen LogP contribution is -2.31. The van der Waals surface area contributed by atoms with Crippen molar-refractivity contribution in [2.75, 3.05) is 7.05 Å². The Kier molecular flexibility index (Phi) is 5.06. The summed E-state index contributed by atoms with van der Waals surface area (Å²) in [7, 11) is 1.67. The highest BCUT2D eigenvalue weighted by Gasteiger charge is 2.32. The first-order chi connectivity index (χ1) is 14.6. The lowest BCUT2D eigenvalue weighted by molar-refractivity contribution is -0.157. The number of aromatic nitrogens is 4. The van der Waals surface area contributed by atoms with Crippen molar-refractivity contribution in [3.8, 4) is 17.2 Å². The number of fused-ring (bicyclic) bond motifs is 3. The molecule has 1 unspecified atom stereocenters. The summed E-state index contributed by atoms with van der Waals surface area (Å²) in [5, 5.41) is 4.29. The number of nitrogens with zero attached hydrogens (tertiary/aromatic N) is 5. The number of hydrogen-bond acceptors (Lipinski definition) is 8. The van der Waals surface area contributed by atoms with Gasteiger partial charge in [-0.2, -0.15) is 4.98 Å². The number of benzene rings is 1. The standard InChI is InChI=1S/C20H21ClN6O4/c1-20(2,3)30-19(29)14(22)17-24-16(25-31-17)15-12-8-26(4)18(28)13-10(21)6-5-7-11(13)27(12)9-23-15/h5-7,9,14H,8,22H2,1-4H3. The molecule has 0 spiro atoms. The highest BCUT2D eigenvalue weighted by molar-refractivity contribution is 6.34. The molecule has 0 bridgehead atoms. The Morgan fingerprint density at radius 3 is 2.81 bits per heavy atom. The Morgan fingerprint density at radius 2 is 2.10 bits per heavy atom. The van der Waals surface area contributed by atoms with Gasteiger partial charge < -0.3 is 19.9 Å². The number of ether oxygens (including phenoxy) is 1. The quantitative estimate of drug-likeness (QED) is 0.610. The number of nitrogens with two attached hydrogens (primary N) is 1. The van der Waals surface area contributed by atoms with E-state index in [4.69, 9.17) is 26.6 Å². The summed E-state index contributed by atoms with van der Waals surface area (Å²) in [6.45, 7) is 5.44.